The number of rotatable bonds is 5. The quantitative estimate of drug-likeness (QED) is 0.551. The smallest absolute Gasteiger partial charge is 0.408 e. The van der Waals surface area contributed by atoms with Crippen molar-refractivity contribution in [3.05, 3.63) is 41.3 Å². The lowest BCUT2D eigenvalue weighted by Gasteiger charge is -2.28. The highest BCUT2D eigenvalue weighted by molar-refractivity contribution is 9.10. The molecule has 0 aliphatic heterocycles. The van der Waals surface area contributed by atoms with Gasteiger partial charge in [0.2, 0.25) is 0 Å². The van der Waals surface area contributed by atoms with Crippen molar-refractivity contribution < 1.29 is 14.6 Å². The number of nitrogens with zero attached hydrogens (tertiary/aromatic N) is 4. The molecule has 0 bridgehead atoms. The van der Waals surface area contributed by atoms with E-state index in [1.165, 1.54) is 10.7 Å². The summed E-state index contributed by atoms with van der Waals surface area (Å²) < 4.78 is 7.43. The second-order valence-electron chi connectivity index (χ2n) is 6.73. The maximum Gasteiger partial charge on any atom is 0.418 e. The van der Waals surface area contributed by atoms with E-state index in [9.17, 15) is 9.90 Å². The number of ether oxygens (including phenoxy) is 1. The van der Waals surface area contributed by atoms with Crippen molar-refractivity contribution in [3.63, 3.8) is 0 Å². The number of amides is 1. The molecule has 146 valence electrons. The predicted octanol–water partition coefficient (Wildman–Crippen LogP) is 3.21. The van der Waals surface area contributed by atoms with Crippen LogP contribution in [0, 0.1) is 0 Å². The topological polar surface area (TPSA) is 114 Å². The molecule has 3 heterocycles. The third-order valence-corrected chi connectivity index (χ3v) is 5.32. The number of hydrogen-bond acceptors (Lipinski definition) is 7. The van der Waals surface area contributed by atoms with Gasteiger partial charge in [0.05, 0.1) is 29.0 Å². The fraction of sp³-hybridized carbons (Fsp3) is 0.333. The van der Waals surface area contributed by atoms with E-state index in [2.05, 4.69) is 41.6 Å². The SMILES string of the molecule is O=C(Nc1cc(NC2(CO)CCCC2)nc2c(Br)cnn12)Oc1cccnc1. The fourth-order valence-corrected chi connectivity index (χ4v) is 3.73. The summed E-state index contributed by atoms with van der Waals surface area (Å²) >= 11 is 3.42. The first kappa shape index (κ1) is 18.6. The zero-order chi connectivity index (χ0) is 19.6. The van der Waals surface area contributed by atoms with Crippen molar-refractivity contribution in [3.8, 4) is 5.75 Å². The zero-order valence-electron chi connectivity index (χ0n) is 14.9. The average Bonchev–Trinajstić information content (AvgIpc) is 3.30. The van der Waals surface area contributed by atoms with Gasteiger partial charge in [0, 0.05) is 12.3 Å². The molecule has 1 aliphatic carbocycles. The summed E-state index contributed by atoms with van der Waals surface area (Å²) in [4.78, 5) is 20.8. The minimum absolute atomic E-state index is 0.0199. The second-order valence-corrected chi connectivity index (χ2v) is 7.58. The lowest BCUT2D eigenvalue weighted by molar-refractivity contribution is 0.213. The Balaban J connectivity index is 1.62. The van der Waals surface area contributed by atoms with Gasteiger partial charge in [-0.3, -0.25) is 10.3 Å². The van der Waals surface area contributed by atoms with Crippen LogP contribution < -0.4 is 15.4 Å². The first-order valence-electron chi connectivity index (χ1n) is 8.91. The number of anilines is 2. The van der Waals surface area contributed by atoms with E-state index in [0.29, 0.717) is 27.5 Å². The van der Waals surface area contributed by atoms with E-state index < -0.39 is 11.6 Å². The van der Waals surface area contributed by atoms with Crippen molar-refractivity contribution in [2.75, 3.05) is 17.2 Å². The number of carbonyl (C=O) groups is 1. The molecule has 0 unspecified atom stereocenters. The Morgan fingerprint density at radius 2 is 2.18 bits per heavy atom. The van der Waals surface area contributed by atoms with Crippen LogP contribution in [0.1, 0.15) is 25.7 Å². The van der Waals surface area contributed by atoms with Crippen molar-refractivity contribution in [1.82, 2.24) is 19.6 Å². The zero-order valence-corrected chi connectivity index (χ0v) is 16.5. The number of hydrogen-bond donors (Lipinski definition) is 3. The molecule has 1 amide bonds. The maximum absolute atomic E-state index is 12.3. The Morgan fingerprint density at radius 3 is 2.89 bits per heavy atom. The molecular weight excluding hydrogens is 428 g/mol. The van der Waals surface area contributed by atoms with Crippen LogP contribution in [0.3, 0.4) is 0 Å². The summed E-state index contributed by atoms with van der Waals surface area (Å²) in [6.07, 6.45) is 7.80. The van der Waals surface area contributed by atoms with Crippen LogP contribution in [0.4, 0.5) is 16.4 Å². The molecule has 0 radical (unpaired) electrons. The lowest BCUT2D eigenvalue weighted by Crippen LogP contribution is -2.39. The summed E-state index contributed by atoms with van der Waals surface area (Å²) in [5.74, 6) is 1.26. The van der Waals surface area contributed by atoms with Gasteiger partial charge in [0.25, 0.3) is 0 Å². The average molecular weight is 447 g/mol. The minimum Gasteiger partial charge on any atom is -0.408 e. The van der Waals surface area contributed by atoms with Crippen molar-refractivity contribution in [2.24, 2.45) is 0 Å². The van der Waals surface area contributed by atoms with Crippen LogP contribution in [0.25, 0.3) is 5.65 Å². The molecule has 28 heavy (non-hydrogen) atoms. The molecule has 3 aromatic rings. The van der Waals surface area contributed by atoms with Crippen LogP contribution in [0.5, 0.6) is 5.75 Å². The van der Waals surface area contributed by atoms with Gasteiger partial charge in [0.1, 0.15) is 11.6 Å². The van der Waals surface area contributed by atoms with Gasteiger partial charge in [-0.25, -0.2) is 9.78 Å². The number of pyridine rings is 1. The van der Waals surface area contributed by atoms with Gasteiger partial charge in [-0.2, -0.15) is 9.61 Å². The molecule has 1 fully saturated rings. The van der Waals surface area contributed by atoms with Gasteiger partial charge >= 0.3 is 6.09 Å². The van der Waals surface area contributed by atoms with Crippen molar-refractivity contribution in [2.45, 2.75) is 31.2 Å². The summed E-state index contributed by atoms with van der Waals surface area (Å²) in [5.41, 5.74) is 0.137. The number of aliphatic hydroxyl groups is 1. The van der Waals surface area contributed by atoms with Gasteiger partial charge < -0.3 is 15.2 Å². The highest BCUT2D eigenvalue weighted by Crippen LogP contribution is 2.33. The number of aliphatic hydroxyl groups excluding tert-OH is 1. The molecule has 3 aromatic heterocycles. The Kier molecular flexibility index (Phi) is 5.14. The molecule has 10 heteroatoms. The fourth-order valence-electron chi connectivity index (χ4n) is 3.38. The number of aromatic nitrogens is 4. The normalized spacial score (nSPS) is 15.5. The van der Waals surface area contributed by atoms with E-state index in [4.69, 9.17) is 4.74 Å². The van der Waals surface area contributed by atoms with Crippen LogP contribution in [-0.4, -0.2) is 42.9 Å². The standard InChI is InChI=1S/C18H19BrN6O3/c19-13-10-21-25-15(23-17(27)28-12-4-3-7-20-9-12)8-14(22-16(13)25)24-18(11-26)5-1-2-6-18/h3-4,7-10,26H,1-2,5-6,11H2,(H,22,24)(H,23,27). The molecule has 0 saturated heterocycles. The third kappa shape index (κ3) is 3.78. The molecule has 1 saturated carbocycles. The van der Waals surface area contributed by atoms with Crippen LogP contribution in [0.2, 0.25) is 0 Å². The molecule has 4 rings (SSSR count). The highest BCUT2D eigenvalue weighted by Gasteiger charge is 2.33. The molecule has 0 spiro atoms. The molecule has 0 aromatic carbocycles. The van der Waals surface area contributed by atoms with E-state index in [1.54, 1.807) is 30.6 Å². The van der Waals surface area contributed by atoms with Gasteiger partial charge in [0.15, 0.2) is 11.4 Å². The minimum atomic E-state index is -0.671. The number of halogens is 1. The van der Waals surface area contributed by atoms with E-state index in [0.717, 1.165) is 25.7 Å². The summed E-state index contributed by atoms with van der Waals surface area (Å²) in [6, 6.07) is 4.99. The van der Waals surface area contributed by atoms with E-state index in [-0.39, 0.29) is 6.61 Å². The molecule has 1 aliphatic rings. The van der Waals surface area contributed by atoms with Gasteiger partial charge in [-0.1, -0.05) is 12.8 Å². The largest absolute Gasteiger partial charge is 0.418 e. The van der Waals surface area contributed by atoms with Gasteiger partial charge in [-0.15, -0.1) is 0 Å². The highest BCUT2D eigenvalue weighted by atomic mass is 79.9. The van der Waals surface area contributed by atoms with Crippen molar-refractivity contribution in [1.29, 1.82) is 0 Å². The van der Waals surface area contributed by atoms with E-state index >= 15 is 0 Å². The Morgan fingerprint density at radius 1 is 1.36 bits per heavy atom. The third-order valence-electron chi connectivity index (χ3n) is 4.76. The molecule has 9 nitrogen and oxygen atoms in total. The summed E-state index contributed by atoms with van der Waals surface area (Å²) in [5, 5.41) is 20.2. The summed E-state index contributed by atoms with van der Waals surface area (Å²) in [6.45, 7) is 0.0199. The lowest BCUT2D eigenvalue weighted by atomic mass is 9.99. The first-order valence-corrected chi connectivity index (χ1v) is 9.70. The Bertz CT molecular complexity index is 988. The van der Waals surface area contributed by atoms with Crippen LogP contribution in [-0.2, 0) is 0 Å². The number of fused-ring (bicyclic) bond motifs is 1. The summed E-state index contributed by atoms with van der Waals surface area (Å²) in [7, 11) is 0. The maximum atomic E-state index is 12.3. The number of carbonyl (C=O) groups excluding carboxylic acids is 1. The predicted molar refractivity (Wildman–Crippen MR) is 106 cm³/mol. The Labute approximate surface area is 169 Å². The van der Waals surface area contributed by atoms with Crippen molar-refractivity contribution >= 4 is 39.3 Å². The molecule has 3 N–H and O–H groups in total. The van der Waals surface area contributed by atoms with Crippen LogP contribution in [0.15, 0.2) is 41.3 Å². The van der Waals surface area contributed by atoms with Crippen LogP contribution >= 0.6 is 15.9 Å². The molecule has 0 atom stereocenters. The monoisotopic (exact) mass is 446 g/mol. The molecular formula is C18H19BrN6O3. The van der Waals surface area contributed by atoms with E-state index in [1.807, 2.05) is 0 Å². The Hall–Kier alpha value is -2.72. The number of nitrogens with one attached hydrogen (secondary N) is 2. The van der Waals surface area contributed by atoms with Gasteiger partial charge in [-0.05, 0) is 40.9 Å². The second kappa shape index (κ2) is 7.72. The first-order chi connectivity index (χ1) is 13.6.